The number of aromatic nitrogens is 3. The number of fused-ring (bicyclic) bond motifs is 1. The molecule has 162 valence electrons. The minimum atomic E-state index is -1.44. The van der Waals surface area contributed by atoms with Crippen LogP contribution in [0.4, 0.5) is 0 Å². The van der Waals surface area contributed by atoms with E-state index in [1.54, 1.807) is 0 Å². The minimum absolute atomic E-state index is 0.0406. The lowest BCUT2D eigenvalue weighted by molar-refractivity contribution is -0.301. The predicted molar refractivity (Wildman–Crippen MR) is 109 cm³/mol. The third-order valence-electron chi connectivity index (χ3n) is 4.86. The number of benzene rings is 1. The van der Waals surface area contributed by atoms with Gasteiger partial charge in [-0.05, 0) is 23.3 Å². The average molecular weight is 462 g/mol. The van der Waals surface area contributed by atoms with Crippen LogP contribution in [0.1, 0.15) is 11.6 Å². The number of aromatic hydroxyl groups is 1. The van der Waals surface area contributed by atoms with Crippen LogP contribution in [0.5, 0.6) is 5.75 Å². The smallest absolute Gasteiger partial charge is 0.253 e. The number of rotatable bonds is 7. The number of nitrogens with zero attached hydrogens (tertiary/aromatic N) is 3. The number of amides is 2. The number of H-pyrrole nitrogens is 1. The number of hydrogen-bond donors (Lipinski definition) is 4. The topological polar surface area (TPSA) is 177 Å². The van der Waals surface area contributed by atoms with Crippen LogP contribution in [0.3, 0.4) is 0 Å². The zero-order valence-corrected chi connectivity index (χ0v) is 17.5. The molecule has 3 heterocycles. The van der Waals surface area contributed by atoms with Gasteiger partial charge in [0.15, 0.2) is 0 Å². The van der Waals surface area contributed by atoms with Crippen LogP contribution < -0.4 is 16.2 Å². The van der Waals surface area contributed by atoms with Crippen LogP contribution in [0.2, 0.25) is 0 Å². The molecule has 0 aliphatic carbocycles. The summed E-state index contributed by atoms with van der Waals surface area (Å²) < 4.78 is 0. The highest BCUT2D eigenvalue weighted by Gasteiger charge is 2.53. The summed E-state index contributed by atoms with van der Waals surface area (Å²) in [5.41, 5.74) is 6.79. The Balaban J connectivity index is 1.45. The number of β-lactam (4-membered cyclic amide) rings is 1. The first-order chi connectivity index (χ1) is 14.9. The molecule has 1 saturated heterocycles. The van der Waals surface area contributed by atoms with Crippen molar-refractivity contribution in [3.63, 3.8) is 0 Å². The SMILES string of the molecule is N[C@@H](C(=O)N[C@H]1C(=O)N2C(C(=O)[O-])=C(CSc3cn[nH]n3)CS[C@H]12)c1ccc(O)cc1. The van der Waals surface area contributed by atoms with Gasteiger partial charge in [-0.2, -0.15) is 10.3 Å². The molecule has 0 saturated carbocycles. The van der Waals surface area contributed by atoms with Gasteiger partial charge in [0.2, 0.25) is 5.91 Å². The van der Waals surface area contributed by atoms with Gasteiger partial charge in [0, 0.05) is 11.5 Å². The molecule has 2 aliphatic rings. The van der Waals surface area contributed by atoms with E-state index in [4.69, 9.17) is 5.73 Å². The maximum Gasteiger partial charge on any atom is 0.253 e. The maximum atomic E-state index is 12.7. The Morgan fingerprint density at radius 1 is 1.42 bits per heavy atom. The van der Waals surface area contributed by atoms with Gasteiger partial charge in [-0.15, -0.1) is 16.9 Å². The van der Waals surface area contributed by atoms with Crippen molar-refractivity contribution in [1.82, 2.24) is 25.6 Å². The Labute approximate surface area is 184 Å². The zero-order valence-electron chi connectivity index (χ0n) is 15.8. The molecule has 0 radical (unpaired) electrons. The Kier molecular flexibility index (Phi) is 5.89. The van der Waals surface area contributed by atoms with Crippen molar-refractivity contribution in [2.75, 3.05) is 11.5 Å². The number of carbonyl (C=O) groups excluding carboxylic acids is 3. The Hall–Kier alpha value is -3.03. The summed E-state index contributed by atoms with van der Waals surface area (Å²) in [6.07, 6.45) is 1.51. The lowest BCUT2D eigenvalue weighted by Crippen LogP contribution is -2.71. The fourth-order valence-electron chi connectivity index (χ4n) is 3.28. The molecule has 0 spiro atoms. The molecule has 1 aromatic carbocycles. The van der Waals surface area contributed by atoms with E-state index < -0.39 is 35.2 Å². The highest BCUT2D eigenvalue weighted by atomic mass is 32.2. The number of aliphatic carboxylic acids is 1. The van der Waals surface area contributed by atoms with Gasteiger partial charge in [0.25, 0.3) is 5.91 Å². The van der Waals surface area contributed by atoms with Gasteiger partial charge in [0.1, 0.15) is 28.2 Å². The molecule has 0 unspecified atom stereocenters. The molecule has 11 nitrogen and oxygen atoms in total. The summed E-state index contributed by atoms with van der Waals surface area (Å²) >= 11 is 2.64. The van der Waals surface area contributed by atoms with E-state index in [9.17, 15) is 24.6 Å². The van der Waals surface area contributed by atoms with Crippen molar-refractivity contribution >= 4 is 41.3 Å². The van der Waals surface area contributed by atoms with Crippen LogP contribution >= 0.6 is 23.5 Å². The summed E-state index contributed by atoms with van der Waals surface area (Å²) in [7, 11) is 0. The van der Waals surface area contributed by atoms with Crippen molar-refractivity contribution in [2.45, 2.75) is 22.5 Å². The standard InChI is InChI=1S/C18H18N6O5S2/c19-12(8-1-3-10(25)4-2-8)15(26)21-13-16(27)24-14(18(28)29)9(7-31-17(13)24)6-30-11-5-20-23-22-11/h1-5,12-13,17,25H,6-7,19H2,(H,21,26)(H,28,29)(H,20,22,23)/p-1/t12-,13+,17-/m1/s1. The van der Waals surface area contributed by atoms with Crippen molar-refractivity contribution in [3.8, 4) is 5.75 Å². The van der Waals surface area contributed by atoms with Gasteiger partial charge >= 0.3 is 0 Å². The summed E-state index contributed by atoms with van der Waals surface area (Å²) in [4.78, 5) is 38.1. The van der Waals surface area contributed by atoms with Crippen LogP contribution in [0.25, 0.3) is 0 Å². The second-order valence-electron chi connectivity index (χ2n) is 6.80. The normalized spacial score (nSPS) is 21.3. The van der Waals surface area contributed by atoms with Crippen molar-refractivity contribution in [3.05, 3.63) is 47.3 Å². The number of thioether (sulfide) groups is 2. The minimum Gasteiger partial charge on any atom is -0.543 e. The fourth-order valence-corrected chi connectivity index (χ4v) is 5.55. The predicted octanol–water partition coefficient (Wildman–Crippen LogP) is -1.29. The quantitative estimate of drug-likeness (QED) is 0.286. The summed E-state index contributed by atoms with van der Waals surface area (Å²) in [5.74, 6) is -1.85. The Bertz CT molecular complexity index is 1040. The molecule has 31 heavy (non-hydrogen) atoms. The number of nitrogens with one attached hydrogen (secondary N) is 2. The molecule has 2 aromatic rings. The van der Waals surface area contributed by atoms with Crippen molar-refractivity contribution in [1.29, 1.82) is 0 Å². The molecule has 5 N–H and O–H groups in total. The van der Waals surface area contributed by atoms with E-state index in [1.165, 1.54) is 54.0 Å². The lowest BCUT2D eigenvalue weighted by Gasteiger charge is -2.51. The molecular formula is C18H17N6O5S2-. The number of hydrogen-bond acceptors (Lipinski definition) is 10. The van der Waals surface area contributed by atoms with E-state index in [0.29, 0.717) is 27.7 Å². The molecule has 2 aliphatic heterocycles. The zero-order chi connectivity index (χ0) is 22.1. The first-order valence-corrected chi connectivity index (χ1v) is 11.1. The molecular weight excluding hydrogens is 444 g/mol. The highest BCUT2D eigenvalue weighted by molar-refractivity contribution is 8.01. The molecule has 0 bridgehead atoms. The van der Waals surface area contributed by atoms with Crippen LogP contribution in [-0.2, 0) is 14.4 Å². The lowest BCUT2D eigenvalue weighted by atomic mass is 10.0. The monoisotopic (exact) mass is 461 g/mol. The van der Waals surface area contributed by atoms with Crippen LogP contribution in [0, 0.1) is 0 Å². The Morgan fingerprint density at radius 2 is 2.16 bits per heavy atom. The summed E-state index contributed by atoms with van der Waals surface area (Å²) in [5, 5.41) is 33.8. The number of phenols is 1. The third kappa shape index (κ3) is 4.11. The largest absolute Gasteiger partial charge is 0.543 e. The molecule has 13 heteroatoms. The van der Waals surface area contributed by atoms with Gasteiger partial charge in [-0.25, -0.2) is 0 Å². The van der Waals surface area contributed by atoms with Gasteiger partial charge in [-0.1, -0.05) is 23.9 Å². The van der Waals surface area contributed by atoms with Gasteiger partial charge < -0.3 is 26.1 Å². The number of aromatic amines is 1. The van der Waals surface area contributed by atoms with E-state index >= 15 is 0 Å². The summed E-state index contributed by atoms with van der Waals surface area (Å²) in [6.45, 7) is 0. The van der Waals surface area contributed by atoms with Crippen LogP contribution in [-0.4, -0.2) is 66.1 Å². The number of phenolic OH excluding ortho intramolecular Hbond substituents is 1. The highest BCUT2D eigenvalue weighted by Crippen LogP contribution is 2.41. The van der Waals surface area contributed by atoms with Crippen LogP contribution in [0.15, 0.2) is 46.8 Å². The van der Waals surface area contributed by atoms with Crippen molar-refractivity contribution in [2.24, 2.45) is 5.73 Å². The second kappa shape index (κ2) is 8.61. The fraction of sp³-hybridized carbons (Fsp3) is 0.278. The first kappa shape index (κ1) is 21.2. The third-order valence-corrected chi connectivity index (χ3v) is 7.19. The van der Waals surface area contributed by atoms with E-state index in [1.807, 2.05) is 0 Å². The number of carboxylic acid groups (broad SMARTS) is 1. The van der Waals surface area contributed by atoms with E-state index in [0.717, 1.165) is 4.90 Å². The number of nitrogens with two attached hydrogens (primary N) is 1. The molecule has 2 amide bonds. The van der Waals surface area contributed by atoms with Gasteiger partial charge in [0.05, 0.1) is 17.9 Å². The molecule has 1 aromatic heterocycles. The molecule has 4 rings (SSSR count). The first-order valence-electron chi connectivity index (χ1n) is 9.08. The number of carboxylic acids is 1. The average Bonchev–Trinajstić information content (AvgIpc) is 3.28. The number of carbonyl (C=O) groups is 3. The Morgan fingerprint density at radius 3 is 2.81 bits per heavy atom. The van der Waals surface area contributed by atoms with Crippen molar-refractivity contribution < 1.29 is 24.6 Å². The van der Waals surface area contributed by atoms with Gasteiger partial charge in [-0.3, -0.25) is 14.5 Å². The second-order valence-corrected chi connectivity index (χ2v) is 8.90. The molecule has 1 fully saturated rings. The maximum absolute atomic E-state index is 12.7. The van der Waals surface area contributed by atoms with E-state index in [2.05, 4.69) is 20.7 Å². The van der Waals surface area contributed by atoms with E-state index in [-0.39, 0.29) is 11.4 Å². The molecule has 3 atom stereocenters. The summed E-state index contributed by atoms with van der Waals surface area (Å²) in [6, 6.07) is 3.91.